The van der Waals surface area contributed by atoms with Crippen LogP contribution < -0.4 is 10.6 Å². The summed E-state index contributed by atoms with van der Waals surface area (Å²) in [5.74, 6) is 0.182. The molecule has 1 aliphatic heterocycles. The molecule has 2 aromatic rings. The summed E-state index contributed by atoms with van der Waals surface area (Å²) in [6, 6.07) is 6.24. The van der Waals surface area contributed by atoms with E-state index < -0.39 is 0 Å². The predicted octanol–water partition coefficient (Wildman–Crippen LogP) is 2.16. The highest BCUT2D eigenvalue weighted by atomic mass is 32.1. The number of anilines is 1. The zero-order chi connectivity index (χ0) is 12.5. The van der Waals surface area contributed by atoms with Gasteiger partial charge in [0.15, 0.2) is 5.96 Å². The Balaban J connectivity index is 1.97. The first kappa shape index (κ1) is 11.2. The van der Waals surface area contributed by atoms with Crippen LogP contribution in [0.5, 0.6) is 0 Å². The number of benzene rings is 1. The minimum absolute atomic E-state index is 0.00969. The smallest absolute Gasteiger partial charge is 0.196 e. The minimum atomic E-state index is -0.265. The first-order valence-corrected chi connectivity index (χ1v) is 6.38. The van der Waals surface area contributed by atoms with Gasteiger partial charge in [-0.25, -0.2) is 9.37 Å². The van der Waals surface area contributed by atoms with E-state index in [4.69, 9.17) is 5.73 Å². The molecule has 0 aliphatic carbocycles. The molecule has 0 radical (unpaired) electrons. The molecule has 0 spiro atoms. The van der Waals surface area contributed by atoms with Crippen molar-refractivity contribution in [3.63, 3.8) is 0 Å². The van der Waals surface area contributed by atoms with Crippen molar-refractivity contribution < 1.29 is 4.39 Å². The third kappa shape index (κ3) is 1.84. The molecule has 6 heteroatoms. The van der Waals surface area contributed by atoms with E-state index in [2.05, 4.69) is 9.98 Å². The fourth-order valence-corrected chi connectivity index (χ4v) is 2.72. The Morgan fingerprint density at radius 2 is 2.11 bits per heavy atom. The van der Waals surface area contributed by atoms with Crippen LogP contribution in [0, 0.1) is 5.82 Å². The zero-order valence-corrected chi connectivity index (χ0v) is 10.3. The highest BCUT2D eigenvalue weighted by Crippen LogP contribution is 2.31. The second-order valence-electron chi connectivity index (χ2n) is 3.93. The zero-order valence-electron chi connectivity index (χ0n) is 9.45. The standard InChI is InChI=1S/C12H11FN4S/c13-8-1-3-9(4-2-8)17-10(7-16-12(17)14)11-15-5-6-18-11/h1-6,10H,7H2,(H2,14,16). The fourth-order valence-electron chi connectivity index (χ4n) is 2.00. The first-order valence-electron chi connectivity index (χ1n) is 5.50. The van der Waals surface area contributed by atoms with Crippen LogP contribution in [0.3, 0.4) is 0 Å². The van der Waals surface area contributed by atoms with E-state index in [0.29, 0.717) is 12.5 Å². The van der Waals surface area contributed by atoms with E-state index in [9.17, 15) is 4.39 Å². The molecule has 2 N–H and O–H groups in total. The summed E-state index contributed by atoms with van der Waals surface area (Å²) in [7, 11) is 0. The van der Waals surface area contributed by atoms with Crippen molar-refractivity contribution in [1.82, 2.24) is 4.98 Å². The van der Waals surface area contributed by atoms with E-state index in [1.165, 1.54) is 12.1 Å². The Kier molecular flexibility index (Phi) is 2.71. The molecule has 4 nitrogen and oxygen atoms in total. The summed E-state index contributed by atoms with van der Waals surface area (Å²) >= 11 is 1.57. The molecule has 0 bridgehead atoms. The highest BCUT2D eigenvalue weighted by molar-refractivity contribution is 7.09. The van der Waals surface area contributed by atoms with Crippen LogP contribution in [0.1, 0.15) is 11.0 Å². The Morgan fingerprint density at radius 1 is 1.33 bits per heavy atom. The summed E-state index contributed by atoms with van der Waals surface area (Å²) in [6.45, 7) is 0.580. The molecule has 0 fully saturated rings. The molecule has 92 valence electrons. The average molecular weight is 262 g/mol. The van der Waals surface area contributed by atoms with Crippen LogP contribution >= 0.6 is 11.3 Å². The Morgan fingerprint density at radius 3 is 2.78 bits per heavy atom. The van der Waals surface area contributed by atoms with Gasteiger partial charge in [0.2, 0.25) is 0 Å². The molecule has 1 unspecified atom stereocenters. The fraction of sp³-hybridized carbons (Fsp3) is 0.167. The van der Waals surface area contributed by atoms with Crippen molar-refractivity contribution in [2.24, 2.45) is 10.7 Å². The van der Waals surface area contributed by atoms with Gasteiger partial charge in [0.05, 0.1) is 6.54 Å². The van der Waals surface area contributed by atoms with Crippen molar-refractivity contribution in [2.45, 2.75) is 6.04 Å². The lowest BCUT2D eigenvalue weighted by atomic mass is 10.2. The maximum Gasteiger partial charge on any atom is 0.196 e. The predicted molar refractivity (Wildman–Crippen MR) is 70.2 cm³/mol. The second kappa shape index (κ2) is 4.38. The van der Waals surface area contributed by atoms with Crippen molar-refractivity contribution >= 4 is 23.0 Å². The molecule has 1 atom stereocenters. The van der Waals surface area contributed by atoms with Gasteiger partial charge in [0, 0.05) is 17.3 Å². The molecule has 3 rings (SSSR count). The summed E-state index contributed by atoms with van der Waals surface area (Å²) in [5.41, 5.74) is 6.73. The van der Waals surface area contributed by atoms with Gasteiger partial charge in [-0.05, 0) is 24.3 Å². The quantitative estimate of drug-likeness (QED) is 0.902. The van der Waals surface area contributed by atoms with E-state index in [-0.39, 0.29) is 11.9 Å². The summed E-state index contributed by atoms with van der Waals surface area (Å²) in [5, 5.41) is 2.88. The molecule has 18 heavy (non-hydrogen) atoms. The average Bonchev–Trinajstić information content (AvgIpc) is 2.99. The van der Waals surface area contributed by atoms with Gasteiger partial charge in [-0.15, -0.1) is 11.3 Å². The normalized spacial score (nSPS) is 19.1. The molecule has 1 aromatic carbocycles. The Hall–Kier alpha value is -1.95. The molecular formula is C12H11FN4S. The number of aliphatic imine (C=N–C) groups is 1. The van der Waals surface area contributed by atoms with Crippen molar-refractivity contribution in [1.29, 1.82) is 0 Å². The Labute approximate surface area is 108 Å². The van der Waals surface area contributed by atoms with Gasteiger partial charge >= 0.3 is 0 Å². The van der Waals surface area contributed by atoms with Crippen molar-refractivity contribution in [3.05, 3.63) is 46.7 Å². The van der Waals surface area contributed by atoms with Crippen LogP contribution in [0.2, 0.25) is 0 Å². The van der Waals surface area contributed by atoms with Gasteiger partial charge < -0.3 is 10.6 Å². The number of halogens is 1. The summed E-state index contributed by atoms with van der Waals surface area (Å²) in [6.07, 6.45) is 1.76. The number of guanidine groups is 1. The number of rotatable bonds is 2. The number of nitrogens with zero attached hydrogens (tertiary/aromatic N) is 3. The molecule has 2 heterocycles. The first-order chi connectivity index (χ1) is 8.75. The topological polar surface area (TPSA) is 54.5 Å². The number of hydrogen-bond donors (Lipinski definition) is 1. The van der Waals surface area contributed by atoms with Crippen LogP contribution in [0.15, 0.2) is 40.8 Å². The lowest BCUT2D eigenvalue weighted by Gasteiger charge is -2.24. The third-order valence-corrected chi connectivity index (χ3v) is 3.70. The van der Waals surface area contributed by atoms with Gasteiger partial charge in [-0.3, -0.25) is 4.99 Å². The van der Waals surface area contributed by atoms with Crippen LogP contribution in [-0.4, -0.2) is 17.5 Å². The SMILES string of the molecule is NC1=NCC(c2nccs2)N1c1ccc(F)cc1. The summed E-state index contributed by atoms with van der Waals surface area (Å²) < 4.78 is 13.0. The number of nitrogens with two attached hydrogens (primary N) is 1. The lowest BCUT2D eigenvalue weighted by molar-refractivity contribution is 0.627. The van der Waals surface area contributed by atoms with Crippen LogP contribution in [-0.2, 0) is 0 Å². The minimum Gasteiger partial charge on any atom is -0.369 e. The maximum absolute atomic E-state index is 13.0. The number of thiazole rings is 1. The van der Waals surface area contributed by atoms with E-state index in [1.54, 1.807) is 29.7 Å². The van der Waals surface area contributed by atoms with Gasteiger partial charge in [0.1, 0.15) is 16.9 Å². The van der Waals surface area contributed by atoms with E-state index in [0.717, 1.165) is 10.7 Å². The van der Waals surface area contributed by atoms with E-state index >= 15 is 0 Å². The maximum atomic E-state index is 13.0. The second-order valence-corrected chi connectivity index (χ2v) is 4.86. The van der Waals surface area contributed by atoms with Crippen molar-refractivity contribution in [2.75, 3.05) is 11.4 Å². The number of aromatic nitrogens is 1. The largest absolute Gasteiger partial charge is 0.369 e. The molecule has 1 aromatic heterocycles. The van der Waals surface area contributed by atoms with Gasteiger partial charge in [0.25, 0.3) is 0 Å². The molecule has 0 saturated carbocycles. The lowest BCUT2D eigenvalue weighted by Crippen LogP contribution is -2.36. The molecule has 0 saturated heterocycles. The van der Waals surface area contributed by atoms with Crippen molar-refractivity contribution in [3.8, 4) is 0 Å². The number of hydrogen-bond acceptors (Lipinski definition) is 5. The molecular weight excluding hydrogens is 251 g/mol. The highest BCUT2D eigenvalue weighted by Gasteiger charge is 2.30. The van der Waals surface area contributed by atoms with Gasteiger partial charge in [-0.2, -0.15) is 0 Å². The van der Waals surface area contributed by atoms with Crippen LogP contribution in [0.4, 0.5) is 10.1 Å². The van der Waals surface area contributed by atoms with Crippen LogP contribution in [0.25, 0.3) is 0 Å². The Bertz CT molecular complexity index is 564. The van der Waals surface area contributed by atoms with E-state index in [1.807, 2.05) is 10.3 Å². The molecule has 1 aliphatic rings. The third-order valence-electron chi connectivity index (χ3n) is 2.83. The monoisotopic (exact) mass is 262 g/mol. The summed E-state index contributed by atoms with van der Waals surface area (Å²) in [4.78, 5) is 10.4. The van der Waals surface area contributed by atoms with Gasteiger partial charge in [-0.1, -0.05) is 0 Å². The molecule has 0 amide bonds.